The number of hydrogen-bond acceptors (Lipinski definition) is 10. The number of benzene rings is 1. The highest BCUT2D eigenvalue weighted by molar-refractivity contribution is 5.91. The van der Waals surface area contributed by atoms with E-state index in [2.05, 4.69) is 40.9 Å². The van der Waals surface area contributed by atoms with E-state index in [0.717, 1.165) is 0 Å². The Bertz CT molecular complexity index is 906. The van der Waals surface area contributed by atoms with Crippen LogP contribution in [-0.4, -0.2) is 35.9 Å². The van der Waals surface area contributed by atoms with E-state index in [0.29, 0.717) is 0 Å². The number of aromatic nitrogens is 6. The summed E-state index contributed by atoms with van der Waals surface area (Å²) in [6.07, 6.45) is 1.23. The lowest BCUT2D eigenvalue weighted by molar-refractivity contribution is -0.382. The van der Waals surface area contributed by atoms with Crippen molar-refractivity contribution in [1.82, 2.24) is 30.9 Å². The number of nitrogens with zero attached hydrogens (tertiary/aromatic N) is 7. The number of tetrazole rings is 1. The number of rotatable bonds is 4. The Morgan fingerprint density at radius 3 is 3.05 bits per heavy atom. The van der Waals surface area contributed by atoms with E-state index in [-0.39, 0.29) is 33.8 Å². The first-order valence-electron chi connectivity index (χ1n) is 5.71. The molecule has 108 valence electrons. The number of anilines is 1. The summed E-state index contributed by atoms with van der Waals surface area (Å²) in [6, 6.07) is 4.77. The number of fused-ring (bicyclic) bond motifs is 1. The topological polar surface area (TPSA) is 172 Å². The predicted octanol–water partition coefficient (Wildman–Crippen LogP) is 0.621. The second-order valence-electron chi connectivity index (χ2n) is 3.90. The quantitative estimate of drug-likeness (QED) is 0.395. The molecule has 1 aromatic carbocycles. The maximum Gasteiger partial charge on any atom is 0.323 e. The van der Waals surface area contributed by atoms with Crippen molar-refractivity contribution in [2.24, 2.45) is 0 Å². The number of aromatic amines is 1. The largest absolute Gasteiger partial charge is 0.355 e. The number of nitro benzene ring substituents is 1. The van der Waals surface area contributed by atoms with Gasteiger partial charge in [-0.2, -0.15) is 10.5 Å². The van der Waals surface area contributed by atoms with Crippen LogP contribution in [0.25, 0.3) is 16.6 Å². The maximum atomic E-state index is 11.2. The van der Waals surface area contributed by atoms with Gasteiger partial charge in [-0.3, -0.25) is 10.1 Å². The minimum Gasteiger partial charge on any atom is -0.355 e. The highest BCUT2D eigenvalue weighted by Gasteiger charge is 2.22. The summed E-state index contributed by atoms with van der Waals surface area (Å²) in [4.78, 5) is 10.6. The van der Waals surface area contributed by atoms with Crippen LogP contribution < -0.4 is 5.32 Å². The van der Waals surface area contributed by atoms with Crippen LogP contribution in [0.5, 0.6) is 0 Å². The molecule has 0 unspecified atom stereocenters. The molecule has 2 aromatic heterocycles. The Balaban J connectivity index is 2.02. The van der Waals surface area contributed by atoms with Gasteiger partial charge in [-0.25, -0.2) is 4.63 Å². The van der Waals surface area contributed by atoms with Crippen LogP contribution in [0, 0.1) is 21.4 Å². The number of hydrogen-bond donors (Lipinski definition) is 2. The van der Waals surface area contributed by atoms with E-state index in [4.69, 9.17) is 5.26 Å². The van der Waals surface area contributed by atoms with Gasteiger partial charge in [0.25, 0.3) is 0 Å². The number of allylic oxidation sites excluding steroid dienone is 1. The zero-order chi connectivity index (χ0) is 15.5. The van der Waals surface area contributed by atoms with Gasteiger partial charge in [0.2, 0.25) is 11.3 Å². The number of nitriles is 1. The fourth-order valence-corrected chi connectivity index (χ4v) is 1.71. The first-order chi connectivity index (χ1) is 10.7. The average Bonchev–Trinajstić information content (AvgIpc) is 3.18. The molecule has 2 heterocycles. The average molecular weight is 299 g/mol. The van der Waals surface area contributed by atoms with E-state index in [9.17, 15) is 10.1 Å². The van der Waals surface area contributed by atoms with E-state index < -0.39 is 4.92 Å². The van der Waals surface area contributed by atoms with Gasteiger partial charge < -0.3 is 5.32 Å². The predicted molar refractivity (Wildman–Crippen MR) is 69.8 cm³/mol. The number of nitro groups is 1. The number of H-pyrrole nitrogens is 1. The summed E-state index contributed by atoms with van der Waals surface area (Å²) in [5.74, 6) is 0.0573. The summed E-state index contributed by atoms with van der Waals surface area (Å²) in [6.45, 7) is 0. The minimum atomic E-state index is -0.622. The molecule has 0 spiro atoms. The van der Waals surface area contributed by atoms with Crippen molar-refractivity contribution in [3.63, 3.8) is 0 Å². The Hall–Kier alpha value is -3.88. The smallest absolute Gasteiger partial charge is 0.323 e. The maximum absolute atomic E-state index is 11.2. The van der Waals surface area contributed by atoms with E-state index >= 15 is 0 Å². The van der Waals surface area contributed by atoms with Gasteiger partial charge in [0.05, 0.1) is 4.92 Å². The van der Waals surface area contributed by atoms with E-state index in [1.807, 2.05) is 6.07 Å². The Labute approximate surface area is 120 Å². The molecule has 0 aliphatic rings. The van der Waals surface area contributed by atoms with Crippen LogP contribution in [0.2, 0.25) is 0 Å². The minimum absolute atomic E-state index is 0.00136. The van der Waals surface area contributed by atoms with Crippen LogP contribution in [0.1, 0.15) is 5.82 Å². The molecule has 0 bridgehead atoms. The fraction of sp³-hybridized carbons (Fsp3) is 0. The molecule has 12 nitrogen and oxygen atoms in total. The molecule has 12 heteroatoms. The highest BCUT2D eigenvalue weighted by atomic mass is 16.6. The van der Waals surface area contributed by atoms with Gasteiger partial charge in [0, 0.05) is 6.20 Å². The zero-order valence-corrected chi connectivity index (χ0v) is 10.6. The second kappa shape index (κ2) is 5.25. The first kappa shape index (κ1) is 13.1. The fourth-order valence-electron chi connectivity index (χ4n) is 1.71. The molecule has 0 radical (unpaired) electrons. The van der Waals surface area contributed by atoms with Crippen molar-refractivity contribution < 1.29 is 9.55 Å². The van der Waals surface area contributed by atoms with Gasteiger partial charge in [-0.05, 0) is 27.7 Å². The van der Waals surface area contributed by atoms with Crippen molar-refractivity contribution in [2.75, 3.05) is 5.32 Å². The molecule has 0 aliphatic carbocycles. The summed E-state index contributed by atoms with van der Waals surface area (Å²) in [5, 5.41) is 42.8. The van der Waals surface area contributed by atoms with Gasteiger partial charge in [0.15, 0.2) is 0 Å². The highest BCUT2D eigenvalue weighted by Crippen LogP contribution is 2.31. The third kappa shape index (κ3) is 2.18. The van der Waals surface area contributed by atoms with Crippen molar-refractivity contribution in [1.29, 1.82) is 5.26 Å². The Morgan fingerprint density at radius 1 is 1.50 bits per heavy atom. The van der Waals surface area contributed by atoms with E-state index in [1.165, 1.54) is 18.3 Å². The van der Waals surface area contributed by atoms with Crippen molar-refractivity contribution >= 4 is 28.0 Å². The van der Waals surface area contributed by atoms with Crippen LogP contribution >= 0.6 is 0 Å². The molecular weight excluding hydrogens is 294 g/mol. The summed E-state index contributed by atoms with van der Waals surface area (Å²) < 4.78 is 4.48. The molecule has 0 fully saturated rings. The normalized spacial score (nSPS) is 11.3. The Morgan fingerprint density at radius 2 is 2.36 bits per heavy atom. The molecule has 0 saturated carbocycles. The van der Waals surface area contributed by atoms with Gasteiger partial charge >= 0.3 is 5.69 Å². The molecule has 3 rings (SSSR count). The zero-order valence-electron chi connectivity index (χ0n) is 10.6. The molecule has 0 amide bonds. The van der Waals surface area contributed by atoms with Gasteiger partial charge in [-0.1, -0.05) is 0 Å². The third-order valence-electron chi connectivity index (χ3n) is 2.66. The Kier molecular flexibility index (Phi) is 3.13. The molecule has 0 saturated heterocycles. The molecular formula is C10H5N9O3. The lowest BCUT2D eigenvalue weighted by atomic mass is 10.2. The summed E-state index contributed by atoms with van der Waals surface area (Å²) in [5.41, 5.74) is 0.0904. The van der Waals surface area contributed by atoms with Crippen LogP contribution in [0.15, 0.2) is 23.0 Å². The van der Waals surface area contributed by atoms with Crippen molar-refractivity contribution in [3.05, 3.63) is 34.3 Å². The standard InChI is InChI=1S/C10H5N9O3/c11-3-5(10-13-17-18-14-10)4-12-7-2-1-6-8(16-22-15-6)9(7)19(20)21/h1-2,4,12H,(H,13,14,17,18). The monoisotopic (exact) mass is 299 g/mol. The lowest BCUT2D eigenvalue weighted by Gasteiger charge is -2.02. The van der Waals surface area contributed by atoms with Gasteiger partial charge in [-0.15, -0.1) is 10.2 Å². The van der Waals surface area contributed by atoms with Crippen LogP contribution in [-0.2, 0) is 0 Å². The molecule has 0 aliphatic heterocycles. The van der Waals surface area contributed by atoms with E-state index in [1.54, 1.807) is 0 Å². The second-order valence-corrected chi connectivity index (χ2v) is 3.90. The third-order valence-corrected chi connectivity index (χ3v) is 2.66. The van der Waals surface area contributed by atoms with Crippen molar-refractivity contribution in [2.45, 2.75) is 0 Å². The van der Waals surface area contributed by atoms with Crippen LogP contribution in [0.4, 0.5) is 11.4 Å². The molecule has 0 atom stereocenters. The van der Waals surface area contributed by atoms with Gasteiger partial charge in [0.1, 0.15) is 22.8 Å². The summed E-state index contributed by atoms with van der Waals surface area (Å²) >= 11 is 0. The number of nitrogens with one attached hydrogen (secondary N) is 2. The first-order valence-corrected chi connectivity index (χ1v) is 5.71. The SMILES string of the molecule is N#CC(=CNc1ccc2nonc2c1[N+](=O)[O-])c1nn[nH]n1. The summed E-state index contributed by atoms with van der Waals surface area (Å²) in [7, 11) is 0. The lowest BCUT2D eigenvalue weighted by Crippen LogP contribution is -1.98. The molecule has 22 heavy (non-hydrogen) atoms. The molecule has 2 N–H and O–H groups in total. The van der Waals surface area contributed by atoms with Crippen molar-refractivity contribution in [3.8, 4) is 6.07 Å². The molecule has 3 aromatic rings. The van der Waals surface area contributed by atoms with Crippen LogP contribution in [0.3, 0.4) is 0 Å².